The smallest absolute Gasteiger partial charge is 0.386 e. The fraction of sp³-hybridized carbons (Fsp3) is 0.200. The van der Waals surface area contributed by atoms with Crippen molar-refractivity contribution in [3.63, 3.8) is 0 Å². The zero-order valence-corrected chi connectivity index (χ0v) is 10.8. The third-order valence-electron chi connectivity index (χ3n) is 3.15. The summed E-state index contributed by atoms with van der Waals surface area (Å²) < 4.78 is 50.8. The van der Waals surface area contributed by atoms with E-state index in [1.807, 2.05) is 0 Å². The van der Waals surface area contributed by atoms with Gasteiger partial charge in [0.05, 0.1) is 17.7 Å². The van der Waals surface area contributed by atoms with Gasteiger partial charge in [-0.2, -0.15) is 13.2 Å². The van der Waals surface area contributed by atoms with Crippen molar-refractivity contribution in [2.24, 2.45) is 5.73 Å². The molecule has 0 radical (unpaired) electrons. The molecule has 0 saturated carbocycles. The van der Waals surface area contributed by atoms with Crippen LogP contribution >= 0.6 is 0 Å². The average Bonchev–Trinajstić information content (AvgIpc) is 2.46. The van der Waals surface area contributed by atoms with E-state index >= 15 is 0 Å². The summed E-state index contributed by atoms with van der Waals surface area (Å²) in [5.74, 6) is -0.474. The van der Waals surface area contributed by atoms with Gasteiger partial charge in [0.2, 0.25) is 0 Å². The van der Waals surface area contributed by atoms with Crippen molar-refractivity contribution in [3.05, 3.63) is 71.0 Å². The Morgan fingerprint density at radius 2 is 1.57 bits per heavy atom. The molecular weight excluding hydrogens is 286 g/mol. The molecule has 2 atom stereocenters. The second-order valence-corrected chi connectivity index (χ2v) is 4.65. The monoisotopic (exact) mass is 299 g/mol. The van der Waals surface area contributed by atoms with Gasteiger partial charge in [-0.15, -0.1) is 0 Å². The van der Waals surface area contributed by atoms with E-state index in [9.17, 15) is 22.7 Å². The van der Waals surface area contributed by atoms with Crippen LogP contribution in [-0.4, -0.2) is 5.11 Å². The Morgan fingerprint density at radius 3 is 2.14 bits per heavy atom. The van der Waals surface area contributed by atoms with Gasteiger partial charge in [-0.25, -0.2) is 4.39 Å². The Morgan fingerprint density at radius 1 is 0.952 bits per heavy atom. The molecular formula is C15H13F4NO. The van der Waals surface area contributed by atoms with Crippen LogP contribution in [0.25, 0.3) is 0 Å². The molecule has 6 heteroatoms. The standard InChI is InChI=1S/C15H13F4NO/c16-12-6-4-9(5-7-12)14(21)13(20)10-2-1-3-11(8-10)15(17,18)19/h1-8,13-14,21H,20H2. The van der Waals surface area contributed by atoms with Gasteiger partial charge in [0.15, 0.2) is 0 Å². The number of hydrogen-bond donors (Lipinski definition) is 2. The molecule has 21 heavy (non-hydrogen) atoms. The third kappa shape index (κ3) is 3.59. The van der Waals surface area contributed by atoms with Crippen molar-refractivity contribution in [3.8, 4) is 0 Å². The highest BCUT2D eigenvalue weighted by Crippen LogP contribution is 2.33. The van der Waals surface area contributed by atoms with Gasteiger partial charge in [-0.05, 0) is 35.4 Å². The van der Waals surface area contributed by atoms with Crippen LogP contribution in [0, 0.1) is 5.82 Å². The molecule has 2 nitrogen and oxygen atoms in total. The minimum absolute atomic E-state index is 0.154. The van der Waals surface area contributed by atoms with Crippen LogP contribution in [0.2, 0.25) is 0 Å². The number of rotatable bonds is 3. The molecule has 2 aromatic carbocycles. The zero-order valence-electron chi connectivity index (χ0n) is 10.8. The van der Waals surface area contributed by atoms with Gasteiger partial charge in [0.1, 0.15) is 5.82 Å². The molecule has 0 aliphatic rings. The van der Waals surface area contributed by atoms with E-state index in [1.165, 1.54) is 24.3 Å². The van der Waals surface area contributed by atoms with Crippen LogP contribution in [-0.2, 0) is 6.18 Å². The van der Waals surface area contributed by atoms with E-state index in [0.717, 1.165) is 24.3 Å². The molecule has 2 aromatic rings. The summed E-state index contributed by atoms with van der Waals surface area (Å²) in [6.45, 7) is 0. The first-order valence-electron chi connectivity index (χ1n) is 6.15. The fourth-order valence-electron chi connectivity index (χ4n) is 1.97. The number of aliphatic hydroxyl groups is 1. The van der Waals surface area contributed by atoms with Gasteiger partial charge in [0, 0.05) is 0 Å². The van der Waals surface area contributed by atoms with E-state index in [1.54, 1.807) is 0 Å². The number of halogens is 4. The maximum absolute atomic E-state index is 12.8. The molecule has 0 spiro atoms. The quantitative estimate of drug-likeness (QED) is 0.851. The molecule has 112 valence electrons. The maximum atomic E-state index is 12.8. The topological polar surface area (TPSA) is 46.2 Å². The van der Waals surface area contributed by atoms with E-state index in [4.69, 9.17) is 5.73 Å². The number of nitrogens with two attached hydrogens (primary N) is 1. The first-order valence-corrected chi connectivity index (χ1v) is 6.15. The summed E-state index contributed by atoms with van der Waals surface area (Å²) in [5, 5.41) is 10.1. The van der Waals surface area contributed by atoms with Gasteiger partial charge in [-0.1, -0.05) is 24.3 Å². The molecule has 0 saturated heterocycles. The maximum Gasteiger partial charge on any atom is 0.416 e. The van der Waals surface area contributed by atoms with Crippen molar-refractivity contribution in [2.45, 2.75) is 18.3 Å². The lowest BCUT2D eigenvalue weighted by Crippen LogP contribution is -2.20. The second-order valence-electron chi connectivity index (χ2n) is 4.65. The number of hydrogen-bond acceptors (Lipinski definition) is 2. The Kier molecular flexibility index (Phi) is 4.29. The largest absolute Gasteiger partial charge is 0.416 e. The lowest BCUT2D eigenvalue weighted by Gasteiger charge is -2.20. The molecule has 0 aliphatic heterocycles. The molecule has 2 unspecified atom stereocenters. The molecule has 0 fully saturated rings. The van der Waals surface area contributed by atoms with Gasteiger partial charge in [-0.3, -0.25) is 0 Å². The minimum atomic E-state index is -4.48. The summed E-state index contributed by atoms with van der Waals surface area (Å²) in [7, 11) is 0. The first kappa shape index (κ1) is 15.5. The average molecular weight is 299 g/mol. The molecule has 0 bridgehead atoms. The highest BCUT2D eigenvalue weighted by Gasteiger charge is 2.31. The van der Waals surface area contributed by atoms with E-state index in [0.29, 0.717) is 5.56 Å². The Balaban J connectivity index is 2.27. The first-order chi connectivity index (χ1) is 9.79. The zero-order chi connectivity index (χ0) is 15.6. The molecule has 3 N–H and O–H groups in total. The minimum Gasteiger partial charge on any atom is -0.386 e. The SMILES string of the molecule is NC(c1cccc(C(F)(F)F)c1)C(O)c1ccc(F)cc1. The molecule has 0 aromatic heterocycles. The summed E-state index contributed by atoms with van der Waals surface area (Å²) in [5.41, 5.74) is 5.47. The van der Waals surface area contributed by atoms with Gasteiger partial charge < -0.3 is 10.8 Å². The fourth-order valence-corrected chi connectivity index (χ4v) is 1.97. The number of alkyl halides is 3. The lowest BCUT2D eigenvalue weighted by atomic mass is 9.95. The van der Waals surface area contributed by atoms with Gasteiger partial charge in [0.25, 0.3) is 0 Å². The van der Waals surface area contributed by atoms with Gasteiger partial charge >= 0.3 is 6.18 Å². The number of benzene rings is 2. The highest BCUT2D eigenvalue weighted by molar-refractivity contribution is 5.30. The number of aliphatic hydroxyl groups excluding tert-OH is 1. The Hall–Kier alpha value is -1.92. The van der Waals surface area contributed by atoms with Crippen LogP contribution < -0.4 is 5.73 Å². The Bertz CT molecular complexity index is 610. The highest BCUT2D eigenvalue weighted by atomic mass is 19.4. The summed E-state index contributed by atoms with van der Waals surface area (Å²) >= 11 is 0. The van der Waals surface area contributed by atoms with Crippen molar-refractivity contribution in [2.75, 3.05) is 0 Å². The summed E-state index contributed by atoms with van der Waals surface area (Å²) in [6, 6.07) is 8.41. The van der Waals surface area contributed by atoms with Crippen molar-refractivity contribution >= 4 is 0 Å². The Labute approximate surface area is 118 Å². The van der Waals surface area contributed by atoms with Crippen molar-refractivity contribution in [1.29, 1.82) is 0 Å². The third-order valence-corrected chi connectivity index (χ3v) is 3.15. The van der Waals surface area contributed by atoms with Crippen molar-refractivity contribution in [1.82, 2.24) is 0 Å². The summed E-state index contributed by atoms with van der Waals surface area (Å²) in [4.78, 5) is 0. The molecule has 0 heterocycles. The second kappa shape index (κ2) is 5.83. The van der Waals surface area contributed by atoms with E-state index in [2.05, 4.69) is 0 Å². The molecule has 0 amide bonds. The molecule has 0 aliphatic carbocycles. The van der Waals surface area contributed by atoms with E-state index < -0.39 is 29.7 Å². The lowest BCUT2D eigenvalue weighted by molar-refractivity contribution is -0.137. The predicted octanol–water partition coefficient (Wildman–Crippen LogP) is 3.58. The predicted molar refractivity (Wildman–Crippen MR) is 69.7 cm³/mol. The van der Waals surface area contributed by atoms with Crippen molar-refractivity contribution < 1.29 is 22.7 Å². The molecule has 2 rings (SSSR count). The van der Waals surface area contributed by atoms with Crippen LogP contribution in [0.5, 0.6) is 0 Å². The van der Waals surface area contributed by atoms with Crippen LogP contribution in [0.1, 0.15) is 28.8 Å². The van der Waals surface area contributed by atoms with Crippen LogP contribution in [0.15, 0.2) is 48.5 Å². The van der Waals surface area contributed by atoms with Crippen LogP contribution in [0.4, 0.5) is 17.6 Å². The normalized spacial score (nSPS) is 14.8. The van der Waals surface area contributed by atoms with E-state index in [-0.39, 0.29) is 5.56 Å². The summed E-state index contributed by atoms with van der Waals surface area (Å²) in [6.07, 6.45) is -5.70. The van der Waals surface area contributed by atoms with Crippen LogP contribution in [0.3, 0.4) is 0 Å².